The van der Waals surface area contributed by atoms with Gasteiger partial charge in [0.25, 0.3) is 0 Å². The number of halogens is 1. The second kappa shape index (κ2) is 12.6. The highest BCUT2D eigenvalue weighted by molar-refractivity contribution is 7.52. The first kappa shape index (κ1) is 30.5. The molecule has 1 aliphatic rings. The van der Waals surface area contributed by atoms with Gasteiger partial charge in [0.15, 0.2) is 17.4 Å². The first-order valence-electron chi connectivity index (χ1n) is 12.8. The van der Waals surface area contributed by atoms with Crippen molar-refractivity contribution in [1.29, 1.82) is 5.26 Å². The number of ether oxygens (including phenoxy) is 3. The van der Waals surface area contributed by atoms with E-state index in [2.05, 4.69) is 26.1 Å². The largest absolute Gasteiger partial charge is 0.476 e. The van der Waals surface area contributed by atoms with Crippen molar-refractivity contribution in [2.24, 2.45) is 5.41 Å². The Hall–Kier alpha value is -3.47. The van der Waals surface area contributed by atoms with E-state index in [9.17, 15) is 14.6 Å². The predicted molar refractivity (Wildman–Crippen MR) is 148 cm³/mol. The molecule has 0 spiro atoms. The van der Waals surface area contributed by atoms with Crippen LogP contribution in [-0.4, -0.2) is 57.5 Å². The molecule has 14 nitrogen and oxygen atoms in total. The van der Waals surface area contributed by atoms with Crippen LogP contribution in [-0.2, 0) is 23.4 Å². The number of hydrogen-bond donors (Lipinski definition) is 2. The van der Waals surface area contributed by atoms with Gasteiger partial charge in [-0.05, 0) is 58.4 Å². The molecule has 3 heterocycles. The molecule has 1 unspecified atom stereocenters. The number of carbonyl (C=O) groups is 1. The Balaban J connectivity index is 1.56. The Kier molecular flexibility index (Phi) is 9.36. The molecule has 2 aromatic heterocycles. The summed E-state index contributed by atoms with van der Waals surface area (Å²) >= 11 is 5.95. The molecule has 5 atom stereocenters. The molecule has 0 radical (unpaired) electrons. The first-order valence-corrected chi connectivity index (χ1v) is 14.8. The van der Waals surface area contributed by atoms with Crippen molar-refractivity contribution in [2.45, 2.75) is 52.5 Å². The van der Waals surface area contributed by atoms with Crippen molar-refractivity contribution in [3.05, 3.63) is 35.6 Å². The molecule has 3 aromatic rings. The zero-order chi connectivity index (χ0) is 29.8. The van der Waals surface area contributed by atoms with E-state index in [-0.39, 0.29) is 37.2 Å². The Bertz CT molecular complexity index is 1480. The maximum atomic E-state index is 13.8. The number of nitriles is 1. The first-order chi connectivity index (χ1) is 19.5. The van der Waals surface area contributed by atoms with Gasteiger partial charge in [-0.15, -0.1) is 0 Å². The Morgan fingerprint density at radius 1 is 1.34 bits per heavy atom. The van der Waals surface area contributed by atoms with Crippen LogP contribution in [0.5, 0.6) is 11.6 Å². The van der Waals surface area contributed by atoms with E-state index in [1.807, 2.05) is 0 Å². The fourth-order valence-corrected chi connectivity index (χ4v) is 5.95. The zero-order valence-corrected chi connectivity index (χ0v) is 24.6. The summed E-state index contributed by atoms with van der Waals surface area (Å²) in [7, 11) is -4.16. The number of nitrogens with two attached hydrogens (primary N) is 1. The number of aromatic nitrogens is 4. The summed E-state index contributed by atoms with van der Waals surface area (Å²) in [5.74, 6) is -0.251. The van der Waals surface area contributed by atoms with Gasteiger partial charge in [0.2, 0.25) is 11.8 Å². The highest BCUT2D eigenvalue weighted by atomic mass is 35.5. The monoisotopic (exact) mass is 607 g/mol. The van der Waals surface area contributed by atoms with E-state index < -0.39 is 37.5 Å². The topological polar surface area (TPSA) is 186 Å². The highest BCUT2D eigenvalue weighted by Crippen LogP contribution is 2.49. The third-order valence-corrected chi connectivity index (χ3v) is 8.07. The lowest BCUT2D eigenvalue weighted by Crippen LogP contribution is -2.35. The molecule has 4 rings (SSSR count). The molecule has 0 aliphatic carbocycles. The van der Waals surface area contributed by atoms with Crippen molar-refractivity contribution in [1.82, 2.24) is 24.6 Å². The summed E-state index contributed by atoms with van der Waals surface area (Å²) in [6.07, 6.45) is 0.135. The number of hydrogen-bond acceptors (Lipinski definition) is 12. The van der Waals surface area contributed by atoms with Crippen LogP contribution < -0.4 is 20.1 Å². The molecular weight excluding hydrogens is 577 g/mol. The average Bonchev–Trinajstić information content (AvgIpc) is 3.50. The van der Waals surface area contributed by atoms with E-state index in [1.165, 1.54) is 25.4 Å². The van der Waals surface area contributed by atoms with E-state index in [1.54, 1.807) is 37.5 Å². The number of rotatable bonds is 12. The summed E-state index contributed by atoms with van der Waals surface area (Å²) in [6.45, 7) is 6.90. The van der Waals surface area contributed by atoms with Crippen LogP contribution in [0.25, 0.3) is 11.2 Å². The van der Waals surface area contributed by atoms with Gasteiger partial charge in [-0.1, -0.05) is 11.6 Å². The van der Waals surface area contributed by atoms with Crippen molar-refractivity contribution in [3.63, 3.8) is 0 Å². The lowest BCUT2D eigenvalue weighted by atomic mass is 9.87. The predicted octanol–water partition coefficient (Wildman–Crippen LogP) is 4.02. The zero-order valence-electron chi connectivity index (χ0n) is 22.9. The molecular formula is C25H31ClN7O7P. The minimum absolute atomic E-state index is 0.0266. The number of nitrogens with zero attached hydrogens (tertiary/aromatic N) is 5. The van der Waals surface area contributed by atoms with Gasteiger partial charge in [-0.2, -0.15) is 20.3 Å². The van der Waals surface area contributed by atoms with E-state index in [0.717, 1.165) is 0 Å². The molecule has 1 aliphatic heterocycles. The summed E-state index contributed by atoms with van der Waals surface area (Å²) in [5, 5.41) is 13.2. The SMILES string of the molecule is CCOC(=O)[C@H](C)NP(=O)(OC[C@@H]1C[C@@](C)(C#N)[C@H](n2cnc3c(OCC)nc(N)nc32)O1)Oc1ccc(Cl)cc1. The van der Waals surface area contributed by atoms with Gasteiger partial charge in [0.05, 0.1) is 38.3 Å². The molecule has 16 heteroatoms. The third-order valence-electron chi connectivity index (χ3n) is 6.18. The van der Waals surface area contributed by atoms with E-state index >= 15 is 0 Å². The smallest absolute Gasteiger partial charge is 0.459 e. The van der Waals surface area contributed by atoms with Crippen molar-refractivity contribution in [3.8, 4) is 17.7 Å². The molecule has 1 aromatic carbocycles. The molecule has 1 fully saturated rings. The van der Waals surface area contributed by atoms with Crippen LogP contribution in [0.3, 0.4) is 0 Å². The van der Waals surface area contributed by atoms with Gasteiger partial charge >= 0.3 is 13.7 Å². The number of nitrogen functional groups attached to an aromatic ring is 1. The average molecular weight is 608 g/mol. The number of anilines is 1. The number of carbonyl (C=O) groups excluding carboxylic acids is 1. The maximum Gasteiger partial charge on any atom is 0.459 e. The number of benzene rings is 1. The van der Waals surface area contributed by atoms with Crippen LogP contribution in [0.1, 0.15) is 40.3 Å². The molecule has 0 saturated carbocycles. The maximum absolute atomic E-state index is 13.8. The lowest BCUT2D eigenvalue weighted by molar-refractivity contribution is -0.144. The van der Waals surface area contributed by atoms with Crippen molar-refractivity contribution in [2.75, 3.05) is 25.6 Å². The Morgan fingerprint density at radius 3 is 2.73 bits per heavy atom. The van der Waals surface area contributed by atoms with Gasteiger partial charge in [0, 0.05) is 5.02 Å². The Morgan fingerprint density at radius 2 is 2.07 bits per heavy atom. The van der Waals surface area contributed by atoms with Crippen LogP contribution in [0.2, 0.25) is 5.02 Å². The van der Waals surface area contributed by atoms with Crippen molar-refractivity contribution < 1.29 is 32.6 Å². The number of fused-ring (bicyclic) bond motifs is 1. The third kappa shape index (κ3) is 6.89. The second-order valence-electron chi connectivity index (χ2n) is 9.43. The van der Waals surface area contributed by atoms with Crippen LogP contribution >= 0.6 is 19.3 Å². The number of imidazole rings is 1. The van der Waals surface area contributed by atoms with Gasteiger partial charge in [-0.25, -0.2) is 9.55 Å². The second-order valence-corrected chi connectivity index (χ2v) is 11.6. The molecule has 1 saturated heterocycles. The quantitative estimate of drug-likeness (QED) is 0.222. The fraction of sp³-hybridized carbons (Fsp3) is 0.480. The van der Waals surface area contributed by atoms with Gasteiger partial charge < -0.3 is 24.5 Å². The van der Waals surface area contributed by atoms with Crippen molar-refractivity contribution >= 4 is 42.4 Å². The lowest BCUT2D eigenvalue weighted by Gasteiger charge is -2.24. The summed E-state index contributed by atoms with van der Waals surface area (Å²) < 4.78 is 43.6. The summed E-state index contributed by atoms with van der Waals surface area (Å²) in [6, 6.07) is 7.43. The number of esters is 1. The van der Waals surface area contributed by atoms with Crippen LogP contribution in [0.15, 0.2) is 30.6 Å². The fourth-order valence-electron chi connectivity index (χ4n) is 4.30. The van der Waals surface area contributed by atoms with Gasteiger partial charge in [0.1, 0.15) is 17.2 Å². The molecule has 3 N–H and O–H groups in total. The molecule has 0 amide bonds. The number of nitrogens with one attached hydrogen (secondary N) is 1. The van der Waals surface area contributed by atoms with E-state index in [4.69, 9.17) is 40.6 Å². The molecule has 41 heavy (non-hydrogen) atoms. The summed E-state index contributed by atoms with van der Waals surface area (Å²) in [4.78, 5) is 25.0. The highest BCUT2D eigenvalue weighted by Gasteiger charge is 2.48. The van der Waals surface area contributed by atoms with E-state index in [0.29, 0.717) is 22.8 Å². The minimum atomic E-state index is -4.16. The minimum Gasteiger partial charge on any atom is -0.476 e. The molecule has 0 bridgehead atoms. The van der Waals surface area contributed by atoms with Crippen LogP contribution in [0, 0.1) is 16.7 Å². The van der Waals surface area contributed by atoms with Crippen LogP contribution in [0.4, 0.5) is 5.95 Å². The standard InChI is InChI=1S/C25H31ClN7O7P/c1-5-36-21-19-20(30-24(28)31-21)33(14-29-19)23-25(4,13-27)11-18(39-23)12-38-41(35,32-15(3)22(34)37-6-2)40-17-9-7-16(26)8-10-17/h7-10,14-15,18,23H,5-6,11-12H2,1-4H3,(H,32,35)(H2,28,30,31)/t15-,18-,23+,25-,41?/m0/s1. The van der Waals surface area contributed by atoms with Gasteiger partial charge in [-0.3, -0.25) is 13.9 Å². The normalized spacial score (nSPS) is 22.5. The summed E-state index contributed by atoms with van der Waals surface area (Å²) in [5.41, 5.74) is 5.53. The molecule has 220 valence electrons. The Labute approximate surface area is 241 Å².